The van der Waals surface area contributed by atoms with Gasteiger partial charge in [0.15, 0.2) is 0 Å². The molecule has 0 saturated heterocycles. The molecule has 7 heteroatoms. The van der Waals surface area contributed by atoms with Crippen molar-refractivity contribution >= 4 is 18.3 Å². The fourth-order valence-corrected chi connectivity index (χ4v) is 3.64. The minimum atomic E-state index is -4.34. The smallest absolute Gasteiger partial charge is 0.355 e. The number of hydrogen-bond donors (Lipinski definition) is 2. The topological polar surface area (TPSA) is 55.1 Å². The minimum absolute atomic E-state index is 0. The monoisotopic (exact) mass is 376 g/mol. The Morgan fingerprint density at radius 2 is 2.00 bits per heavy atom. The molecule has 0 radical (unpaired) electrons. The van der Waals surface area contributed by atoms with Gasteiger partial charge in [-0.1, -0.05) is 24.6 Å². The maximum Gasteiger partial charge on any atom is 0.416 e. The van der Waals surface area contributed by atoms with Gasteiger partial charge in [0.2, 0.25) is 5.91 Å². The van der Waals surface area contributed by atoms with E-state index in [4.69, 9.17) is 5.73 Å². The van der Waals surface area contributed by atoms with Crippen molar-refractivity contribution in [2.45, 2.75) is 56.2 Å². The van der Waals surface area contributed by atoms with Crippen LogP contribution in [0.15, 0.2) is 24.3 Å². The molecular weight excluding hydrogens is 353 g/mol. The molecule has 140 valence electrons. The maximum absolute atomic E-state index is 12.9. The van der Waals surface area contributed by atoms with Crippen LogP contribution in [0.1, 0.15) is 49.7 Å². The van der Waals surface area contributed by atoms with E-state index >= 15 is 0 Å². The third kappa shape index (κ3) is 4.67. The molecule has 0 spiro atoms. The van der Waals surface area contributed by atoms with E-state index in [0.29, 0.717) is 18.5 Å². The van der Waals surface area contributed by atoms with Crippen molar-refractivity contribution in [2.24, 2.45) is 11.7 Å². The summed E-state index contributed by atoms with van der Waals surface area (Å²) in [6.45, 7) is 0.398. The van der Waals surface area contributed by atoms with Gasteiger partial charge in [0, 0.05) is 24.4 Å². The van der Waals surface area contributed by atoms with Crippen LogP contribution in [0.25, 0.3) is 0 Å². The average molecular weight is 377 g/mol. The molecule has 0 aromatic heterocycles. The number of rotatable bonds is 5. The van der Waals surface area contributed by atoms with Gasteiger partial charge in [-0.05, 0) is 43.2 Å². The van der Waals surface area contributed by atoms with Gasteiger partial charge in [-0.3, -0.25) is 4.79 Å². The molecule has 2 aliphatic carbocycles. The number of alkyl halides is 3. The first kappa shape index (κ1) is 20.0. The van der Waals surface area contributed by atoms with Crippen LogP contribution < -0.4 is 11.1 Å². The standard InChI is InChI=1S/C18H23F3N2O.ClH/c19-18(20,21)14-5-2-4-13(10-14)17(7-8-17)11-23-16(24)9-12-3-1-6-15(12)22;/h2,4-5,10,12,15H,1,3,6-9,11,22H2,(H,23,24);1H/t12-,15+;/m0./s1. The lowest BCUT2D eigenvalue weighted by Gasteiger charge is -2.20. The van der Waals surface area contributed by atoms with Crippen LogP contribution in [0.4, 0.5) is 13.2 Å². The van der Waals surface area contributed by atoms with E-state index in [-0.39, 0.29) is 35.7 Å². The molecular formula is C18H24ClF3N2O. The second-order valence-corrected chi connectivity index (χ2v) is 7.19. The zero-order chi connectivity index (χ0) is 17.4. The zero-order valence-corrected chi connectivity index (χ0v) is 14.8. The van der Waals surface area contributed by atoms with Crippen LogP contribution >= 0.6 is 12.4 Å². The lowest BCUT2D eigenvalue weighted by molar-refractivity contribution is -0.137. The van der Waals surface area contributed by atoms with Crippen LogP contribution in [0.3, 0.4) is 0 Å². The maximum atomic E-state index is 12.9. The highest BCUT2D eigenvalue weighted by atomic mass is 35.5. The molecule has 3 N–H and O–H groups in total. The van der Waals surface area contributed by atoms with Gasteiger partial charge in [0.25, 0.3) is 0 Å². The summed E-state index contributed by atoms with van der Waals surface area (Å²) in [5, 5.41) is 2.91. The Hall–Kier alpha value is -1.27. The lowest BCUT2D eigenvalue weighted by Crippen LogP contribution is -2.35. The molecule has 3 nitrogen and oxygen atoms in total. The number of benzene rings is 1. The van der Waals surface area contributed by atoms with Crippen molar-refractivity contribution in [3.8, 4) is 0 Å². The number of nitrogens with one attached hydrogen (secondary N) is 1. The molecule has 25 heavy (non-hydrogen) atoms. The summed E-state index contributed by atoms with van der Waals surface area (Å²) in [5.41, 5.74) is 5.68. The summed E-state index contributed by atoms with van der Waals surface area (Å²) in [7, 11) is 0. The van der Waals surface area contributed by atoms with Gasteiger partial charge in [-0.25, -0.2) is 0 Å². The Bertz CT molecular complexity index is 617. The molecule has 2 fully saturated rings. The van der Waals surface area contributed by atoms with E-state index in [1.54, 1.807) is 6.07 Å². The van der Waals surface area contributed by atoms with Crippen molar-refractivity contribution in [2.75, 3.05) is 6.54 Å². The first-order chi connectivity index (χ1) is 11.3. The molecule has 3 rings (SSSR count). The van der Waals surface area contributed by atoms with Gasteiger partial charge in [0.1, 0.15) is 0 Å². The first-order valence-corrected chi connectivity index (χ1v) is 8.50. The van der Waals surface area contributed by atoms with E-state index in [0.717, 1.165) is 38.2 Å². The van der Waals surface area contributed by atoms with Gasteiger partial charge in [-0.15, -0.1) is 12.4 Å². The van der Waals surface area contributed by atoms with Crippen molar-refractivity contribution in [1.82, 2.24) is 5.32 Å². The summed E-state index contributed by atoms with van der Waals surface area (Å²) in [6.07, 6.45) is 0.690. The third-order valence-electron chi connectivity index (χ3n) is 5.45. The number of amides is 1. The first-order valence-electron chi connectivity index (χ1n) is 8.50. The van der Waals surface area contributed by atoms with Gasteiger partial charge < -0.3 is 11.1 Å². The fourth-order valence-electron chi connectivity index (χ4n) is 3.64. The van der Waals surface area contributed by atoms with E-state index in [1.165, 1.54) is 12.1 Å². The molecule has 2 aliphatic rings. The Morgan fingerprint density at radius 1 is 1.28 bits per heavy atom. The van der Waals surface area contributed by atoms with E-state index in [9.17, 15) is 18.0 Å². The molecule has 0 unspecified atom stereocenters. The third-order valence-corrected chi connectivity index (χ3v) is 5.45. The highest BCUT2D eigenvalue weighted by Crippen LogP contribution is 2.48. The molecule has 0 aliphatic heterocycles. The fraction of sp³-hybridized carbons (Fsp3) is 0.611. The highest BCUT2D eigenvalue weighted by molar-refractivity contribution is 5.85. The molecule has 2 atom stereocenters. The van der Waals surface area contributed by atoms with E-state index in [2.05, 4.69) is 5.32 Å². The Morgan fingerprint density at radius 3 is 2.56 bits per heavy atom. The van der Waals surface area contributed by atoms with Gasteiger partial charge >= 0.3 is 6.18 Å². The second kappa shape index (κ2) is 7.54. The lowest BCUT2D eigenvalue weighted by atomic mass is 9.93. The van der Waals surface area contributed by atoms with Crippen LogP contribution in [0, 0.1) is 5.92 Å². The molecule has 1 aromatic rings. The van der Waals surface area contributed by atoms with Gasteiger partial charge in [-0.2, -0.15) is 13.2 Å². The van der Waals surface area contributed by atoms with E-state index < -0.39 is 11.7 Å². The Kier molecular flexibility index (Phi) is 6.05. The molecule has 1 amide bonds. The van der Waals surface area contributed by atoms with Crippen molar-refractivity contribution in [3.05, 3.63) is 35.4 Å². The number of hydrogen-bond acceptors (Lipinski definition) is 2. The quantitative estimate of drug-likeness (QED) is 0.821. The minimum Gasteiger partial charge on any atom is -0.355 e. The molecule has 0 bridgehead atoms. The van der Waals surface area contributed by atoms with Crippen LogP contribution in [-0.4, -0.2) is 18.5 Å². The summed E-state index contributed by atoms with van der Waals surface area (Å²) in [5.74, 6) is 0.185. The van der Waals surface area contributed by atoms with Crippen LogP contribution in [0.5, 0.6) is 0 Å². The number of nitrogens with two attached hydrogens (primary N) is 1. The Balaban J connectivity index is 0.00000225. The molecule has 0 heterocycles. The normalized spacial score (nSPS) is 24.5. The van der Waals surface area contributed by atoms with Crippen molar-refractivity contribution in [3.63, 3.8) is 0 Å². The number of halogens is 4. The number of carbonyl (C=O) groups excluding carboxylic acids is 1. The largest absolute Gasteiger partial charge is 0.416 e. The average Bonchev–Trinajstić information content (AvgIpc) is 3.23. The van der Waals surface area contributed by atoms with Crippen LogP contribution in [0.2, 0.25) is 0 Å². The summed E-state index contributed by atoms with van der Waals surface area (Å²) in [6, 6.07) is 5.55. The zero-order valence-electron chi connectivity index (χ0n) is 13.9. The van der Waals surface area contributed by atoms with Gasteiger partial charge in [0.05, 0.1) is 5.56 Å². The predicted octanol–water partition coefficient (Wildman–Crippen LogP) is 3.79. The van der Waals surface area contributed by atoms with Crippen molar-refractivity contribution < 1.29 is 18.0 Å². The summed E-state index contributed by atoms with van der Waals surface area (Å²) >= 11 is 0. The predicted molar refractivity (Wildman–Crippen MR) is 92.5 cm³/mol. The molecule has 1 aromatic carbocycles. The number of carbonyl (C=O) groups is 1. The SMILES string of the molecule is Cl.N[C@@H]1CCC[C@H]1CC(=O)NCC1(c2cccc(C(F)(F)F)c2)CC1. The Labute approximate surface area is 152 Å². The highest BCUT2D eigenvalue weighted by Gasteiger charge is 2.45. The summed E-state index contributed by atoms with van der Waals surface area (Å²) < 4.78 is 38.6. The molecule has 2 saturated carbocycles. The second-order valence-electron chi connectivity index (χ2n) is 7.19. The summed E-state index contributed by atoms with van der Waals surface area (Å²) in [4.78, 5) is 12.1. The van der Waals surface area contributed by atoms with E-state index in [1.807, 2.05) is 0 Å². The van der Waals surface area contributed by atoms with Crippen molar-refractivity contribution in [1.29, 1.82) is 0 Å². The van der Waals surface area contributed by atoms with Crippen LogP contribution in [-0.2, 0) is 16.4 Å².